The van der Waals surface area contributed by atoms with Gasteiger partial charge < -0.3 is 10.8 Å². The molecule has 0 aliphatic heterocycles. The van der Waals surface area contributed by atoms with Crippen molar-refractivity contribution < 1.29 is 18.3 Å². The number of hydrogen-bond acceptors (Lipinski definition) is 2. The van der Waals surface area contributed by atoms with E-state index in [4.69, 9.17) is 5.73 Å². The lowest BCUT2D eigenvalue weighted by atomic mass is 9.94. The van der Waals surface area contributed by atoms with Crippen LogP contribution < -0.4 is 5.73 Å². The molecule has 15 heavy (non-hydrogen) atoms. The van der Waals surface area contributed by atoms with Crippen LogP contribution in [0.1, 0.15) is 18.1 Å². The first-order valence-electron chi connectivity index (χ1n) is 4.37. The van der Waals surface area contributed by atoms with Crippen molar-refractivity contribution in [3.05, 3.63) is 35.4 Å². The van der Waals surface area contributed by atoms with Crippen molar-refractivity contribution >= 4 is 0 Å². The molecule has 0 amide bonds. The van der Waals surface area contributed by atoms with Crippen LogP contribution in [0.4, 0.5) is 13.2 Å². The Balaban J connectivity index is 3.14. The molecule has 0 saturated carbocycles. The molecule has 1 aromatic rings. The van der Waals surface area contributed by atoms with Gasteiger partial charge in [0.05, 0.1) is 11.2 Å². The molecule has 2 nitrogen and oxygen atoms in total. The molecule has 1 atom stereocenters. The van der Waals surface area contributed by atoms with Crippen molar-refractivity contribution in [3.63, 3.8) is 0 Å². The number of benzene rings is 1. The Labute approximate surface area is 85.5 Å². The van der Waals surface area contributed by atoms with Gasteiger partial charge in [-0.1, -0.05) is 12.1 Å². The van der Waals surface area contributed by atoms with Gasteiger partial charge in [-0.15, -0.1) is 0 Å². The smallest absolute Gasteiger partial charge is 0.384 e. The molecule has 0 aliphatic rings. The van der Waals surface area contributed by atoms with Crippen LogP contribution in [-0.4, -0.2) is 11.7 Å². The second kappa shape index (κ2) is 3.83. The van der Waals surface area contributed by atoms with Crippen molar-refractivity contribution in [1.82, 2.24) is 0 Å². The summed E-state index contributed by atoms with van der Waals surface area (Å²) in [5.41, 5.74) is 3.22. The van der Waals surface area contributed by atoms with Crippen molar-refractivity contribution in [3.8, 4) is 0 Å². The number of alkyl halides is 3. The zero-order chi connectivity index (χ0) is 11.7. The Morgan fingerprint density at radius 2 is 1.80 bits per heavy atom. The number of rotatable bonds is 2. The lowest BCUT2D eigenvalue weighted by Crippen LogP contribution is -2.31. The monoisotopic (exact) mass is 219 g/mol. The second-order valence-electron chi connectivity index (χ2n) is 3.56. The van der Waals surface area contributed by atoms with E-state index >= 15 is 0 Å². The van der Waals surface area contributed by atoms with E-state index in [0.717, 1.165) is 12.1 Å². The predicted octanol–water partition coefficient (Wildman–Crippen LogP) is 1.87. The van der Waals surface area contributed by atoms with E-state index in [9.17, 15) is 18.3 Å². The minimum atomic E-state index is -4.40. The third-order valence-corrected chi connectivity index (χ3v) is 2.21. The topological polar surface area (TPSA) is 46.2 Å². The van der Waals surface area contributed by atoms with Crippen LogP contribution in [0.3, 0.4) is 0 Å². The molecule has 3 N–H and O–H groups in total. The summed E-state index contributed by atoms with van der Waals surface area (Å²) in [6.07, 6.45) is -4.40. The molecule has 1 aromatic carbocycles. The standard InChI is InChI=1S/C10H12F3NO/c1-9(15,6-14)7-3-2-4-8(5-7)10(11,12)13/h2-5,15H,6,14H2,1H3. The van der Waals surface area contributed by atoms with Crippen LogP contribution in [0.25, 0.3) is 0 Å². The first kappa shape index (κ1) is 12.0. The molecule has 5 heteroatoms. The van der Waals surface area contributed by atoms with Crippen molar-refractivity contribution in [2.75, 3.05) is 6.54 Å². The largest absolute Gasteiger partial charge is 0.416 e. The molecule has 0 heterocycles. The van der Waals surface area contributed by atoms with E-state index in [1.807, 2.05) is 0 Å². The summed E-state index contributed by atoms with van der Waals surface area (Å²) in [4.78, 5) is 0. The number of nitrogens with two attached hydrogens (primary N) is 1. The molecule has 0 fully saturated rings. The fourth-order valence-electron chi connectivity index (χ4n) is 1.15. The molecule has 0 aliphatic carbocycles. The Kier molecular flexibility index (Phi) is 3.06. The van der Waals surface area contributed by atoms with Crippen molar-refractivity contribution in [1.29, 1.82) is 0 Å². The molecular weight excluding hydrogens is 207 g/mol. The summed E-state index contributed by atoms with van der Waals surface area (Å²) >= 11 is 0. The van der Waals surface area contributed by atoms with Gasteiger partial charge in [0.2, 0.25) is 0 Å². The Morgan fingerprint density at radius 1 is 1.27 bits per heavy atom. The van der Waals surface area contributed by atoms with Gasteiger partial charge in [0.15, 0.2) is 0 Å². The Morgan fingerprint density at radius 3 is 2.27 bits per heavy atom. The van der Waals surface area contributed by atoms with Gasteiger partial charge in [-0.3, -0.25) is 0 Å². The maximum absolute atomic E-state index is 12.3. The fourth-order valence-corrected chi connectivity index (χ4v) is 1.15. The van der Waals surface area contributed by atoms with Crippen LogP contribution in [0, 0.1) is 0 Å². The fraction of sp³-hybridized carbons (Fsp3) is 0.400. The Bertz CT molecular complexity index is 347. The minimum absolute atomic E-state index is 0.131. The van der Waals surface area contributed by atoms with E-state index in [2.05, 4.69) is 0 Å². The van der Waals surface area contributed by atoms with Crippen LogP contribution in [0.5, 0.6) is 0 Å². The summed E-state index contributed by atoms with van der Waals surface area (Å²) < 4.78 is 37.0. The summed E-state index contributed by atoms with van der Waals surface area (Å²) in [5.74, 6) is 0. The highest BCUT2D eigenvalue weighted by molar-refractivity contribution is 5.29. The van der Waals surface area contributed by atoms with Gasteiger partial charge in [-0.05, 0) is 24.6 Å². The molecule has 1 rings (SSSR count). The van der Waals surface area contributed by atoms with Gasteiger partial charge in [-0.2, -0.15) is 13.2 Å². The lowest BCUT2D eigenvalue weighted by molar-refractivity contribution is -0.137. The highest BCUT2D eigenvalue weighted by Crippen LogP contribution is 2.31. The number of halogens is 3. The van der Waals surface area contributed by atoms with Crippen LogP contribution >= 0.6 is 0 Å². The summed E-state index contributed by atoms with van der Waals surface area (Å²) in [6, 6.07) is 4.54. The van der Waals surface area contributed by atoms with E-state index in [1.54, 1.807) is 0 Å². The van der Waals surface area contributed by atoms with Crippen molar-refractivity contribution in [2.45, 2.75) is 18.7 Å². The van der Waals surface area contributed by atoms with Crippen LogP contribution in [0.15, 0.2) is 24.3 Å². The summed E-state index contributed by atoms with van der Waals surface area (Å²) in [5, 5.41) is 9.69. The molecule has 0 aromatic heterocycles. The van der Waals surface area contributed by atoms with Crippen molar-refractivity contribution in [2.24, 2.45) is 5.73 Å². The normalized spacial score (nSPS) is 16.1. The maximum atomic E-state index is 12.3. The summed E-state index contributed by atoms with van der Waals surface area (Å²) in [6.45, 7) is 1.25. The molecular formula is C10H12F3NO. The van der Waals surface area contributed by atoms with E-state index < -0.39 is 17.3 Å². The first-order chi connectivity index (χ1) is 6.77. The van der Waals surface area contributed by atoms with E-state index in [1.165, 1.54) is 19.1 Å². The van der Waals surface area contributed by atoms with E-state index in [-0.39, 0.29) is 12.1 Å². The average Bonchev–Trinajstić information content (AvgIpc) is 2.17. The zero-order valence-corrected chi connectivity index (χ0v) is 8.17. The highest BCUT2D eigenvalue weighted by Gasteiger charge is 2.32. The first-order valence-corrected chi connectivity index (χ1v) is 4.37. The molecule has 0 saturated heterocycles. The zero-order valence-electron chi connectivity index (χ0n) is 8.17. The third-order valence-electron chi connectivity index (χ3n) is 2.21. The van der Waals surface area contributed by atoms with Crippen LogP contribution in [0.2, 0.25) is 0 Å². The SMILES string of the molecule is CC(O)(CN)c1cccc(C(F)(F)F)c1. The van der Waals surface area contributed by atoms with Crippen LogP contribution in [-0.2, 0) is 11.8 Å². The van der Waals surface area contributed by atoms with Gasteiger partial charge in [0.1, 0.15) is 0 Å². The van der Waals surface area contributed by atoms with Gasteiger partial charge in [-0.25, -0.2) is 0 Å². The summed E-state index contributed by atoms with van der Waals surface area (Å²) in [7, 11) is 0. The molecule has 0 spiro atoms. The molecule has 0 bridgehead atoms. The predicted molar refractivity (Wildman–Crippen MR) is 50.1 cm³/mol. The average molecular weight is 219 g/mol. The molecule has 84 valence electrons. The molecule has 0 radical (unpaired) electrons. The quantitative estimate of drug-likeness (QED) is 0.797. The van der Waals surface area contributed by atoms with Gasteiger partial charge in [0, 0.05) is 6.54 Å². The van der Waals surface area contributed by atoms with Gasteiger partial charge >= 0.3 is 6.18 Å². The number of hydrogen-bond donors (Lipinski definition) is 2. The third kappa shape index (κ3) is 2.70. The minimum Gasteiger partial charge on any atom is -0.384 e. The number of aliphatic hydroxyl groups is 1. The maximum Gasteiger partial charge on any atom is 0.416 e. The van der Waals surface area contributed by atoms with Gasteiger partial charge in [0.25, 0.3) is 0 Å². The highest BCUT2D eigenvalue weighted by atomic mass is 19.4. The Hall–Kier alpha value is -1.07. The lowest BCUT2D eigenvalue weighted by Gasteiger charge is -2.22. The second-order valence-corrected chi connectivity index (χ2v) is 3.56. The van der Waals surface area contributed by atoms with E-state index in [0.29, 0.717) is 0 Å². The molecule has 1 unspecified atom stereocenters.